The highest BCUT2D eigenvalue weighted by Crippen LogP contribution is 2.31. The molecule has 0 bridgehead atoms. The van der Waals surface area contributed by atoms with Gasteiger partial charge in [-0.3, -0.25) is 4.79 Å². The Kier molecular flexibility index (Phi) is 4.18. The number of nitrogens with zero attached hydrogens (tertiary/aromatic N) is 3. The van der Waals surface area contributed by atoms with E-state index in [1.807, 2.05) is 0 Å². The van der Waals surface area contributed by atoms with E-state index in [-0.39, 0.29) is 29.3 Å². The van der Waals surface area contributed by atoms with Crippen LogP contribution in [0.4, 0.5) is 14.5 Å². The molecule has 3 rings (SSSR count). The molecule has 2 saturated heterocycles. The first-order chi connectivity index (χ1) is 11.0. The maximum atomic E-state index is 14.2. The van der Waals surface area contributed by atoms with Crippen LogP contribution in [0, 0.1) is 23.0 Å². The molecule has 2 aliphatic heterocycles. The largest absolute Gasteiger partial charge is 0.374 e. The van der Waals surface area contributed by atoms with E-state index in [4.69, 9.17) is 10.00 Å². The predicted molar refractivity (Wildman–Crippen MR) is 78.8 cm³/mol. The van der Waals surface area contributed by atoms with Crippen molar-refractivity contribution in [1.29, 1.82) is 5.26 Å². The number of anilines is 1. The number of piperidine rings is 1. The Balaban J connectivity index is 1.88. The molecule has 0 aromatic heterocycles. The first-order valence-corrected chi connectivity index (χ1v) is 7.54. The number of nitriles is 1. The Morgan fingerprint density at radius 3 is 2.65 bits per heavy atom. The number of carbonyl (C=O) groups excluding carboxylic acids is 1. The van der Waals surface area contributed by atoms with E-state index < -0.39 is 11.6 Å². The molecule has 7 heteroatoms. The lowest BCUT2D eigenvalue weighted by Gasteiger charge is -2.47. The summed E-state index contributed by atoms with van der Waals surface area (Å²) in [5, 5.41) is 8.78. The zero-order valence-electron chi connectivity index (χ0n) is 12.8. The van der Waals surface area contributed by atoms with Crippen molar-refractivity contribution >= 4 is 11.6 Å². The van der Waals surface area contributed by atoms with Crippen LogP contribution in [0.1, 0.15) is 18.9 Å². The molecule has 1 aromatic rings. The van der Waals surface area contributed by atoms with Gasteiger partial charge in [-0.1, -0.05) is 0 Å². The molecule has 0 radical (unpaired) electrons. The maximum absolute atomic E-state index is 14.2. The third kappa shape index (κ3) is 2.86. The topological polar surface area (TPSA) is 56.6 Å². The molecular formula is C16H17F2N3O2. The number of hydrogen-bond acceptors (Lipinski definition) is 4. The molecule has 2 atom stereocenters. The molecule has 0 N–H and O–H groups in total. The molecule has 5 nitrogen and oxygen atoms in total. The van der Waals surface area contributed by atoms with Gasteiger partial charge in [-0.15, -0.1) is 0 Å². The van der Waals surface area contributed by atoms with Gasteiger partial charge in [0.25, 0.3) is 0 Å². The van der Waals surface area contributed by atoms with E-state index in [0.29, 0.717) is 32.7 Å². The lowest BCUT2D eigenvalue weighted by atomic mass is 9.97. The molecule has 0 aliphatic carbocycles. The molecule has 2 heterocycles. The summed E-state index contributed by atoms with van der Waals surface area (Å²) in [5.41, 5.74) is -0.193. The fraction of sp³-hybridized carbons (Fsp3) is 0.500. The van der Waals surface area contributed by atoms with Crippen molar-refractivity contribution in [3.8, 4) is 6.07 Å². The fourth-order valence-electron chi connectivity index (χ4n) is 3.40. The molecule has 2 fully saturated rings. The second-order valence-electron chi connectivity index (χ2n) is 5.82. The van der Waals surface area contributed by atoms with Crippen molar-refractivity contribution in [2.24, 2.45) is 0 Å². The average Bonchev–Trinajstić information content (AvgIpc) is 2.53. The minimum absolute atomic E-state index is 0.0509. The highest BCUT2D eigenvalue weighted by molar-refractivity contribution is 5.74. The van der Waals surface area contributed by atoms with Crippen LogP contribution in [-0.2, 0) is 9.53 Å². The van der Waals surface area contributed by atoms with Gasteiger partial charge in [0, 0.05) is 26.6 Å². The van der Waals surface area contributed by atoms with Gasteiger partial charge in [-0.2, -0.15) is 5.26 Å². The minimum Gasteiger partial charge on any atom is -0.374 e. The van der Waals surface area contributed by atoms with Crippen molar-refractivity contribution in [1.82, 2.24) is 4.90 Å². The number of ether oxygens (including phenoxy) is 1. The number of fused-ring (bicyclic) bond motifs is 1. The van der Waals surface area contributed by atoms with E-state index in [2.05, 4.69) is 0 Å². The molecule has 2 aliphatic rings. The summed E-state index contributed by atoms with van der Waals surface area (Å²) in [6.45, 7) is 3.21. The Hall–Kier alpha value is -2.20. The van der Waals surface area contributed by atoms with Crippen LogP contribution < -0.4 is 4.90 Å². The number of morpholine rings is 1. The lowest BCUT2D eigenvalue weighted by Crippen LogP contribution is -2.61. The summed E-state index contributed by atoms with van der Waals surface area (Å²) in [6, 6.07) is 3.58. The van der Waals surface area contributed by atoms with E-state index in [9.17, 15) is 13.6 Å². The van der Waals surface area contributed by atoms with Crippen LogP contribution in [0.15, 0.2) is 12.1 Å². The summed E-state index contributed by atoms with van der Waals surface area (Å²) < 4.78 is 34.1. The number of rotatable bonds is 1. The molecule has 1 amide bonds. The summed E-state index contributed by atoms with van der Waals surface area (Å²) in [4.78, 5) is 15.1. The van der Waals surface area contributed by atoms with Gasteiger partial charge in [0.1, 0.15) is 5.69 Å². The smallest absolute Gasteiger partial charge is 0.219 e. The lowest BCUT2D eigenvalue weighted by molar-refractivity contribution is -0.145. The quantitative estimate of drug-likeness (QED) is 0.789. The summed E-state index contributed by atoms with van der Waals surface area (Å²) in [5.74, 6) is -1.58. The van der Waals surface area contributed by atoms with Crippen LogP contribution in [0.3, 0.4) is 0 Å². The number of amides is 1. The minimum atomic E-state index is -0.758. The van der Waals surface area contributed by atoms with Gasteiger partial charge < -0.3 is 14.5 Å². The summed E-state index contributed by atoms with van der Waals surface area (Å²) >= 11 is 0. The second-order valence-corrected chi connectivity index (χ2v) is 5.82. The highest BCUT2D eigenvalue weighted by Gasteiger charge is 2.39. The van der Waals surface area contributed by atoms with Gasteiger partial charge in [0.05, 0.1) is 30.4 Å². The monoisotopic (exact) mass is 321 g/mol. The van der Waals surface area contributed by atoms with E-state index in [0.717, 1.165) is 12.1 Å². The van der Waals surface area contributed by atoms with Crippen molar-refractivity contribution in [2.75, 3.05) is 31.1 Å². The van der Waals surface area contributed by atoms with E-state index >= 15 is 0 Å². The Labute approximate surface area is 133 Å². The van der Waals surface area contributed by atoms with Crippen molar-refractivity contribution in [3.05, 3.63) is 29.3 Å². The Bertz CT molecular complexity index is 651. The highest BCUT2D eigenvalue weighted by atomic mass is 19.1. The van der Waals surface area contributed by atoms with Gasteiger partial charge in [0.2, 0.25) is 5.91 Å². The summed E-state index contributed by atoms with van der Waals surface area (Å²) in [7, 11) is 0. The van der Waals surface area contributed by atoms with Crippen LogP contribution in [0.5, 0.6) is 0 Å². The Morgan fingerprint density at radius 1 is 1.35 bits per heavy atom. The van der Waals surface area contributed by atoms with E-state index in [1.165, 1.54) is 6.92 Å². The second kappa shape index (κ2) is 6.13. The van der Waals surface area contributed by atoms with Gasteiger partial charge in [0.15, 0.2) is 11.6 Å². The van der Waals surface area contributed by atoms with Crippen molar-refractivity contribution < 1.29 is 18.3 Å². The maximum Gasteiger partial charge on any atom is 0.219 e. The van der Waals surface area contributed by atoms with Gasteiger partial charge in [-0.05, 0) is 18.6 Å². The first-order valence-electron chi connectivity index (χ1n) is 7.54. The zero-order valence-corrected chi connectivity index (χ0v) is 12.8. The average molecular weight is 321 g/mol. The molecule has 0 saturated carbocycles. The molecular weight excluding hydrogens is 304 g/mol. The molecule has 2 unspecified atom stereocenters. The summed E-state index contributed by atoms with van der Waals surface area (Å²) in [6.07, 6.45) is 0.487. The van der Waals surface area contributed by atoms with Crippen LogP contribution in [0.25, 0.3) is 0 Å². The number of hydrogen-bond donors (Lipinski definition) is 0. The van der Waals surface area contributed by atoms with Crippen molar-refractivity contribution in [2.45, 2.75) is 25.5 Å². The Morgan fingerprint density at radius 2 is 2.04 bits per heavy atom. The molecule has 0 spiro atoms. The van der Waals surface area contributed by atoms with Crippen LogP contribution in [-0.4, -0.2) is 49.2 Å². The van der Waals surface area contributed by atoms with Crippen molar-refractivity contribution in [3.63, 3.8) is 0 Å². The van der Waals surface area contributed by atoms with Crippen LogP contribution >= 0.6 is 0 Å². The molecule has 1 aromatic carbocycles. The molecule has 122 valence electrons. The van der Waals surface area contributed by atoms with E-state index in [1.54, 1.807) is 15.9 Å². The molecule has 23 heavy (non-hydrogen) atoms. The first kappa shape index (κ1) is 15.7. The predicted octanol–water partition coefficient (Wildman–Crippen LogP) is 1.66. The number of halogens is 2. The van der Waals surface area contributed by atoms with Gasteiger partial charge in [-0.25, -0.2) is 8.78 Å². The normalized spacial score (nSPS) is 24.1. The number of benzene rings is 1. The zero-order chi connectivity index (χ0) is 16.6. The third-order valence-electron chi connectivity index (χ3n) is 4.45. The van der Waals surface area contributed by atoms with Gasteiger partial charge >= 0.3 is 0 Å². The van der Waals surface area contributed by atoms with Crippen LogP contribution in [0.2, 0.25) is 0 Å². The SMILES string of the molecule is CC(=O)N1CCOC2CCN(c3c(F)cc(C#N)cc3F)CC21. The standard InChI is InChI=1S/C16H17F2N3O2/c1-10(22)21-4-5-23-15-2-3-20(9-14(15)21)16-12(17)6-11(8-19)7-13(16)18/h6-7,14-15H,2-5,9H2,1H3. The number of carbonyl (C=O) groups is 1. The fourth-order valence-corrected chi connectivity index (χ4v) is 3.40. The third-order valence-corrected chi connectivity index (χ3v) is 4.45.